The van der Waals surface area contributed by atoms with E-state index < -0.39 is 30.3 Å². The van der Waals surface area contributed by atoms with Crippen molar-refractivity contribution in [3.05, 3.63) is 0 Å². The minimum atomic E-state index is -0.947. The fourth-order valence-electron chi connectivity index (χ4n) is 5.55. The smallest absolute Gasteiger partial charge is 0.410 e. The van der Waals surface area contributed by atoms with Gasteiger partial charge in [0.25, 0.3) is 0 Å². The Morgan fingerprint density at radius 3 is 2.19 bits per heavy atom. The van der Waals surface area contributed by atoms with E-state index in [1.165, 1.54) is 12.0 Å². The maximum atomic E-state index is 14.3. The van der Waals surface area contributed by atoms with Crippen LogP contribution in [0.4, 0.5) is 9.18 Å². The van der Waals surface area contributed by atoms with Gasteiger partial charge in [-0.1, -0.05) is 0 Å². The molecule has 176 valence electrons. The summed E-state index contributed by atoms with van der Waals surface area (Å²) in [4.78, 5) is 40.8. The van der Waals surface area contributed by atoms with Gasteiger partial charge in [-0.2, -0.15) is 0 Å². The molecule has 1 amide bonds. The van der Waals surface area contributed by atoms with Crippen LogP contribution in [-0.4, -0.2) is 85.5 Å². The molecule has 0 bridgehead atoms. The largest absolute Gasteiger partial charge is 0.465 e. The number of methoxy groups -OCH3 is 1. The lowest BCUT2D eigenvalue weighted by atomic mass is 9.70. The molecule has 0 radical (unpaired) electrons. The van der Waals surface area contributed by atoms with E-state index in [1.54, 1.807) is 13.8 Å². The van der Waals surface area contributed by atoms with E-state index in [0.29, 0.717) is 32.4 Å². The summed E-state index contributed by atoms with van der Waals surface area (Å²) in [6.07, 6.45) is 2.30. The molecule has 8 nitrogen and oxygen atoms in total. The summed E-state index contributed by atoms with van der Waals surface area (Å²) in [5, 5.41) is 0. The number of nitrogens with zero attached hydrogens (tertiary/aromatic N) is 2. The first-order valence-corrected chi connectivity index (χ1v) is 11.5. The van der Waals surface area contributed by atoms with Gasteiger partial charge in [-0.05, 0) is 64.2 Å². The van der Waals surface area contributed by atoms with Gasteiger partial charge in [0.2, 0.25) is 0 Å². The summed E-state index contributed by atoms with van der Waals surface area (Å²) in [7, 11) is 1.31. The predicted molar refractivity (Wildman–Crippen MR) is 110 cm³/mol. The van der Waals surface area contributed by atoms with Gasteiger partial charge in [0.1, 0.15) is 18.3 Å². The van der Waals surface area contributed by atoms with Gasteiger partial charge in [-0.25, -0.2) is 14.0 Å². The number of piperidine rings is 2. The fourth-order valence-corrected chi connectivity index (χ4v) is 5.55. The summed E-state index contributed by atoms with van der Waals surface area (Å²) in [6, 6.07) is -1.03. The average molecular weight is 443 g/mol. The van der Waals surface area contributed by atoms with Gasteiger partial charge in [0, 0.05) is 19.1 Å². The molecule has 3 fully saturated rings. The molecule has 2 heterocycles. The molecule has 0 aromatic carbocycles. The Labute approximate surface area is 183 Å². The fraction of sp³-hybridized carbons (Fsp3) is 0.864. The zero-order chi connectivity index (χ0) is 22.5. The quantitative estimate of drug-likeness (QED) is 0.478. The molecule has 2 saturated heterocycles. The normalized spacial score (nSPS) is 33.9. The maximum Gasteiger partial charge on any atom is 0.410 e. The van der Waals surface area contributed by atoms with E-state index in [-0.39, 0.29) is 37.0 Å². The number of carbonyl (C=O) groups is 3. The van der Waals surface area contributed by atoms with E-state index in [9.17, 15) is 18.8 Å². The van der Waals surface area contributed by atoms with Crippen LogP contribution in [0, 0.1) is 11.8 Å². The summed E-state index contributed by atoms with van der Waals surface area (Å²) >= 11 is 0. The lowest BCUT2D eigenvalue weighted by Crippen LogP contribution is -2.59. The third-order valence-electron chi connectivity index (χ3n) is 7.00. The Balaban J connectivity index is 1.74. The van der Waals surface area contributed by atoms with Crippen LogP contribution in [-0.2, 0) is 23.8 Å². The van der Waals surface area contributed by atoms with E-state index in [4.69, 9.17) is 14.2 Å². The number of amides is 1. The van der Waals surface area contributed by atoms with Crippen LogP contribution in [0.3, 0.4) is 0 Å². The van der Waals surface area contributed by atoms with Crippen LogP contribution in [0.15, 0.2) is 0 Å². The van der Waals surface area contributed by atoms with Crippen molar-refractivity contribution in [2.45, 2.75) is 76.7 Å². The number of fused-ring (bicyclic) bond motifs is 1. The second-order valence-electron chi connectivity index (χ2n) is 8.75. The van der Waals surface area contributed by atoms with Crippen LogP contribution >= 0.6 is 0 Å². The number of alkyl halides is 1. The Bertz CT molecular complexity index is 662. The standard InChI is InChI=1S/C22H35FN2O6/c1-4-30-20(26)18-9-7-16(23)13-24(18)17-8-6-14-12-25(22(28)29-3)19(11-15(14)10-17)21(27)31-5-2/h14-19H,4-13H2,1-3H3/t14?,15?,16-,17?,18?,19?/m1/s1. The van der Waals surface area contributed by atoms with Crippen LogP contribution < -0.4 is 0 Å². The third-order valence-corrected chi connectivity index (χ3v) is 7.00. The number of rotatable bonds is 5. The lowest BCUT2D eigenvalue weighted by Gasteiger charge is -2.50. The Morgan fingerprint density at radius 1 is 0.871 bits per heavy atom. The highest BCUT2D eigenvalue weighted by Gasteiger charge is 2.47. The summed E-state index contributed by atoms with van der Waals surface area (Å²) in [5.41, 5.74) is 0. The topological polar surface area (TPSA) is 85.4 Å². The van der Waals surface area contributed by atoms with Gasteiger partial charge in [-0.3, -0.25) is 14.6 Å². The van der Waals surface area contributed by atoms with Gasteiger partial charge in [-0.15, -0.1) is 0 Å². The van der Waals surface area contributed by atoms with Gasteiger partial charge < -0.3 is 14.2 Å². The first-order chi connectivity index (χ1) is 14.9. The molecule has 9 heteroatoms. The van der Waals surface area contributed by atoms with E-state index in [2.05, 4.69) is 0 Å². The maximum absolute atomic E-state index is 14.3. The molecule has 0 aromatic heterocycles. The van der Waals surface area contributed by atoms with Crippen molar-refractivity contribution in [3.63, 3.8) is 0 Å². The van der Waals surface area contributed by atoms with Crippen LogP contribution in [0.1, 0.15) is 52.4 Å². The van der Waals surface area contributed by atoms with Crippen molar-refractivity contribution in [3.8, 4) is 0 Å². The summed E-state index contributed by atoms with van der Waals surface area (Å²) in [6.45, 7) is 4.75. The van der Waals surface area contributed by atoms with Crippen molar-refractivity contribution < 1.29 is 33.0 Å². The predicted octanol–water partition coefficient (Wildman–Crippen LogP) is 2.54. The number of likely N-dealkylation sites (tertiary alicyclic amines) is 2. The van der Waals surface area contributed by atoms with E-state index in [0.717, 1.165) is 19.3 Å². The van der Waals surface area contributed by atoms with Crippen molar-refractivity contribution >= 4 is 18.0 Å². The number of hydrogen-bond donors (Lipinski definition) is 0. The summed E-state index contributed by atoms with van der Waals surface area (Å²) < 4.78 is 29.6. The third kappa shape index (κ3) is 5.30. The second-order valence-corrected chi connectivity index (χ2v) is 8.75. The number of carbonyl (C=O) groups excluding carboxylic acids is 3. The SMILES string of the molecule is CCOC(=O)C1CC2CC(N3C[C@H](F)CCC3C(=O)OCC)CCC2CN1C(=O)OC. The van der Waals surface area contributed by atoms with Crippen LogP contribution in [0.2, 0.25) is 0 Å². The first kappa shape index (κ1) is 23.8. The number of ether oxygens (including phenoxy) is 3. The zero-order valence-electron chi connectivity index (χ0n) is 18.8. The first-order valence-electron chi connectivity index (χ1n) is 11.5. The van der Waals surface area contributed by atoms with E-state index >= 15 is 0 Å². The highest BCUT2D eigenvalue weighted by Crippen LogP contribution is 2.42. The minimum absolute atomic E-state index is 0.0572. The molecule has 0 spiro atoms. The van der Waals surface area contributed by atoms with Gasteiger partial charge in [0.15, 0.2) is 0 Å². The van der Waals surface area contributed by atoms with Crippen molar-refractivity contribution in [1.82, 2.24) is 9.80 Å². The second kappa shape index (κ2) is 10.6. The minimum Gasteiger partial charge on any atom is -0.465 e. The molecule has 1 aliphatic carbocycles. The number of hydrogen-bond acceptors (Lipinski definition) is 7. The molecule has 31 heavy (non-hydrogen) atoms. The van der Waals surface area contributed by atoms with Crippen molar-refractivity contribution in [2.75, 3.05) is 33.4 Å². The summed E-state index contributed by atoms with van der Waals surface area (Å²) in [5.74, 6) is -0.258. The van der Waals surface area contributed by atoms with Crippen molar-refractivity contribution in [1.29, 1.82) is 0 Å². The van der Waals surface area contributed by atoms with Gasteiger partial charge in [0.05, 0.1) is 20.3 Å². The molecule has 3 aliphatic rings. The Kier molecular flexibility index (Phi) is 8.13. The number of esters is 2. The monoisotopic (exact) mass is 442 g/mol. The molecular formula is C22H35FN2O6. The Morgan fingerprint density at radius 2 is 1.55 bits per heavy atom. The van der Waals surface area contributed by atoms with Crippen molar-refractivity contribution in [2.24, 2.45) is 11.8 Å². The molecular weight excluding hydrogens is 407 g/mol. The van der Waals surface area contributed by atoms with E-state index in [1.807, 2.05) is 4.90 Å². The van der Waals surface area contributed by atoms with Crippen LogP contribution in [0.25, 0.3) is 0 Å². The Hall–Kier alpha value is -1.90. The molecule has 5 unspecified atom stereocenters. The lowest BCUT2D eigenvalue weighted by molar-refractivity contribution is -0.155. The molecule has 0 aromatic rings. The highest BCUT2D eigenvalue weighted by atomic mass is 19.1. The molecule has 2 aliphatic heterocycles. The molecule has 6 atom stereocenters. The molecule has 3 rings (SSSR count). The zero-order valence-corrected chi connectivity index (χ0v) is 18.8. The molecule has 1 saturated carbocycles. The average Bonchev–Trinajstić information content (AvgIpc) is 2.77. The van der Waals surface area contributed by atoms with Gasteiger partial charge >= 0.3 is 18.0 Å². The van der Waals surface area contributed by atoms with Crippen LogP contribution in [0.5, 0.6) is 0 Å². The highest BCUT2D eigenvalue weighted by molar-refractivity contribution is 5.81. The molecule has 0 N–H and O–H groups in total. The number of halogens is 1.